The summed E-state index contributed by atoms with van der Waals surface area (Å²) in [5.74, 6) is 0. The third-order valence-corrected chi connectivity index (χ3v) is 1.27. The predicted molar refractivity (Wildman–Crippen MR) is 49.1 cm³/mol. The highest BCUT2D eigenvalue weighted by molar-refractivity contribution is 14.1. The lowest BCUT2D eigenvalue weighted by atomic mass is 10.6. The Morgan fingerprint density at radius 2 is 1.50 bits per heavy atom. The molecule has 0 radical (unpaired) electrons. The molecule has 0 saturated heterocycles. The first-order valence-corrected chi connectivity index (χ1v) is 5.54. The van der Waals surface area contributed by atoms with Crippen LogP contribution >= 0.6 is 45.2 Å². The minimum atomic E-state index is 1.29. The summed E-state index contributed by atoms with van der Waals surface area (Å²) < 4.78 is 1.29. The molecule has 0 fully saturated rings. The monoisotopic (exact) mass is 312 g/mol. The Morgan fingerprint density at radius 1 is 1.33 bits per heavy atom. The highest BCUT2D eigenvalue weighted by atomic mass is 127. The normalized spacial score (nSPS) is 6.00. The van der Waals surface area contributed by atoms with Crippen LogP contribution in [0, 0.1) is 0 Å². The van der Waals surface area contributed by atoms with Crippen LogP contribution in [0.5, 0.6) is 0 Å². The minimum Gasteiger partial charge on any atom is -0.0901 e. The van der Waals surface area contributed by atoms with Crippen molar-refractivity contribution in [1.82, 2.24) is 0 Å². The van der Waals surface area contributed by atoms with E-state index in [1.165, 1.54) is 10.8 Å². The van der Waals surface area contributed by atoms with E-state index in [0.29, 0.717) is 0 Å². The first-order valence-electron chi connectivity index (χ1n) is 1.85. The smallest absolute Gasteiger partial charge is 0.000735 e. The summed E-state index contributed by atoms with van der Waals surface area (Å²) in [4.78, 5) is 1.97. The molecule has 40 valence electrons. The topological polar surface area (TPSA) is 0 Å². The number of halogens is 2. The Labute approximate surface area is 67.4 Å². The fraction of sp³-hybridized carbons (Fsp3) is 1.00. The molecule has 6 heavy (non-hydrogen) atoms. The second-order valence-electron chi connectivity index (χ2n) is 0.689. The molecule has 0 rings (SSSR count). The first kappa shape index (κ1) is 10.4. The Bertz CT molecular complexity index is 7.51. The van der Waals surface area contributed by atoms with Gasteiger partial charge in [-0.3, -0.25) is 0 Å². The van der Waals surface area contributed by atoms with E-state index in [2.05, 4.69) is 52.1 Å². The van der Waals surface area contributed by atoms with Gasteiger partial charge in [0.05, 0.1) is 0 Å². The summed E-state index contributed by atoms with van der Waals surface area (Å²) in [5, 5.41) is 0. The minimum absolute atomic E-state index is 1.29. The quantitative estimate of drug-likeness (QED) is 0.516. The van der Waals surface area contributed by atoms with Gasteiger partial charge in [0.25, 0.3) is 0 Å². The molecular formula is C4H10I2. The second kappa shape index (κ2) is 16.1. The maximum absolute atomic E-state index is 2.35. The van der Waals surface area contributed by atoms with Crippen molar-refractivity contribution in [2.75, 3.05) is 9.36 Å². The van der Waals surface area contributed by atoms with E-state index in [1.807, 2.05) is 4.93 Å². The van der Waals surface area contributed by atoms with Crippen molar-refractivity contribution in [3.05, 3.63) is 0 Å². The highest BCUT2D eigenvalue weighted by Gasteiger charge is 1.58. The SMILES string of the molecule is CCCI.CI. The van der Waals surface area contributed by atoms with Crippen LogP contribution in [-0.2, 0) is 0 Å². The van der Waals surface area contributed by atoms with Crippen molar-refractivity contribution >= 4 is 45.2 Å². The fourth-order valence-corrected chi connectivity index (χ4v) is 0. The molecule has 0 N–H and O–H groups in total. The maximum atomic E-state index is 2.35. The Kier molecular flexibility index (Phi) is 28.0. The van der Waals surface area contributed by atoms with Crippen LogP contribution in [0.3, 0.4) is 0 Å². The van der Waals surface area contributed by atoms with Crippen LogP contribution in [0.4, 0.5) is 0 Å². The van der Waals surface area contributed by atoms with Crippen molar-refractivity contribution in [1.29, 1.82) is 0 Å². The molecule has 0 aliphatic rings. The Morgan fingerprint density at radius 3 is 1.50 bits per heavy atom. The maximum Gasteiger partial charge on any atom is -0.000735 e. The van der Waals surface area contributed by atoms with Crippen LogP contribution in [0.15, 0.2) is 0 Å². The third kappa shape index (κ3) is 17.9. The largest absolute Gasteiger partial charge is 0.0901 e. The molecule has 0 aromatic carbocycles. The zero-order chi connectivity index (χ0) is 5.41. The van der Waals surface area contributed by atoms with Gasteiger partial charge in [-0.1, -0.05) is 52.1 Å². The van der Waals surface area contributed by atoms with Gasteiger partial charge in [0.15, 0.2) is 0 Å². The van der Waals surface area contributed by atoms with Crippen LogP contribution in [0.2, 0.25) is 0 Å². The first-order chi connectivity index (χ1) is 2.91. The summed E-state index contributed by atoms with van der Waals surface area (Å²) >= 11 is 4.50. The van der Waals surface area contributed by atoms with Crippen LogP contribution in [0.1, 0.15) is 13.3 Å². The van der Waals surface area contributed by atoms with Gasteiger partial charge in [-0.15, -0.1) is 0 Å². The van der Waals surface area contributed by atoms with Gasteiger partial charge < -0.3 is 0 Å². The average molecular weight is 312 g/mol. The molecule has 0 bridgehead atoms. The third-order valence-electron chi connectivity index (χ3n) is 0.189. The van der Waals surface area contributed by atoms with Gasteiger partial charge in [0.1, 0.15) is 0 Å². The van der Waals surface area contributed by atoms with E-state index in [1.54, 1.807) is 0 Å². The lowest BCUT2D eigenvalue weighted by Gasteiger charge is -1.66. The van der Waals surface area contributed by atoms with Crippen molar-refractivity contribution in [2.24, 2.45) is 0 Å². The van der Waals surface area contributed by atoms with E-state index >= 15 is 0 Å². The summed E-state index contributed by atoms with van der Waals surface area (Å²) in [7, 11) is 0. The molecular weight excluding hydrogens is 302 g/mol. The van der Waals surface area contributed by atoms with Gasteiger partial charge in [0, 0.05) is 0 Å². The molecule has 0 spiro atoms. The molecule has 2 heteroatoms. The van der Waals surface area contributed by atoms with E-state index in [9.17, 15) is 0 Å². The molecule has 0 heterocycles. The summed E-state index contributed by atoms with van der Waals surface area (Å²) in [6.45, 7) is 2.17. The van der Waals surface area contributed by atoms with Crippen molar-refractivity contribution in [3.8, 4) is 0 Å². The zero-order valence-corrected chi connectivity index (χ0v) is 8.49. The van der Waals surface area contributed by atoms with E-state index in [4.69, 9.17) is 0 Å². The molecule has 0 unspecified atom stereocenters. The molecule has 0 aromatic rings. The van der Waals surface area contributed by atoms with Crippen LogP contribution in [-0.4, -0.2) is 9.36 Å². The molecule has 0 aromatic heterocycles. The summed E-state index contributed by atoms with van der Waals surface area (Å²) in [6, 6.07) is 0. The molecule has 0 aliphatic heterocycles. The zero-order valence-electron chi connectivity index (χ0n) is 4.17. The standard InChI is InChI=1S/C3H7I.CH3I/c1-2-3-4;1-2/h2-3H2,1H3;1H3. The Balaban J connectivity index is 0. The lowest BCUT2D eigenvalue weighted by molar-refractivity contribution is 1.13. The molecule has 0 nitrogen and oxygen atoms in total. The number of alkyl halides is 2. The number of hydrogen-bond acceptors (Lipinski definition) is 0. The lowest BCUT2D eigenvalue weighted by Crippen LogP contribution is -1.54. The van der Waals surface area contributed by atoms with Gasteiger partial charge in [-0.05, 0) is 15.8 Å². The summed E-state index contributed by atoms with van der Waals surface area (Å²) in [6.07, 6.45) is 1.31. The fourth-order valence-electron chi connectivity index (χ4n) is 0. The van der Waals surface area contributed by atoms with E-state index in [0.717, 1.165) is 0 Å². The van der Waals surface area contributed by atoms with Crippen molar-refractivity contribution < 1.29 is 0 Å². The van der Waals surface area contributed by atoms with Crippen LogP contribution in [0.25, 0.3) is 0 Å². The molecule has 0 aliphatic carbocycles. The van der Waals surface area contributed by atoms with Crippen LogP contribution < -0.4 is 0 Å². The number of rotatable bonds is 1. The van der Waals surface area contributed by atoms with Crippen molar-refractivity contribution in [2.45, 2.75) is 13.3 Å². The Hall–Kier alpha value is 1.46. The molecule has 0 amide bonds. The van der Waals surface area contributed by atoms with E-state index < -0.39 is 0 Å². The van der Waals surface area contributed by atoms with Gasteiger partial charge in [-0.2, -0.15) is 0 Å². The van der Waals surface area contributed by atoms with Crippen molar-refractivity contribution in [3.63, 3.8) is 0 Å². The molecule has 0 saturated carbocycles. The second-order valence-corrected chi connectivity index (χ2v) is 1.77. The number of hydrogen-bond donors (Lipinski definition) is 0. The van der Waals surface area contributed by atoms with Gasteiger partial charge in [-0.25, -0.2) is 0 Å². The average Bonchev–Trinajstić information content (AvgIpc) is 1.72. The van der Waals surface area contributed by atoms with Gasteiger partial charge >= 0.3 is 0 Å². The highest BCUT2D eigenvalue weighted by Crippen LogP contribution is 1.81. The predicted octanol–water partition coefficient (Wildman–Crippen LogP) is 2.88. The van der Waals surface area contributed by atoms with Gasteiger partial charge in [0.2, 0.25) is 0 Å². The van der Waals surface area contributed by atoms with E-state index in [-0.39, 0.29) is 0 Å². The summed E-state index contributed by atoms with van der Waals surface area (Å²) in [5.41, 5.74) is 0. The molecule has 0 atom stereocenters.